The van der Waals surface area contributed by atoms with E-state index in [4.69, 9.17) is 4.74 Å². The molecule has 1 aromatic heterocycles. The van der Waals surface area contributed by atoms with Crippen LogP contribution in [0.3, 0.4) is 0 Å². The van der Waals surface area contributed by atoms with Gasteiger partial charge in [0.1, 0.15) is 5.60 Å². The van der Waals surface area contributed by atoms with Crippen LogP contribution in [0.4, 0.5) is 4.79 Å². The van der Waals surface area contributed by atoms with E-state index < -0.39 is 5.60 Å². The van der Waals surface area contributed by atoms with Crippen LogP contribution in [0.15, 0.2) is 24.5 Å². The van der Waals surface area contributed by atoms with E-state index >= 15 is 0 Å². The molecule has 0 aliphatic carbocycles. The van der Waals surface area contributed by atoms with Crippen LogP contribution in [0.25, 0.3) is 0 Å². The van der Waals surface area contributed by atoms with Gasteiger partial charge in [0.15, 0.2) is 0 Å². The van der Waals surface area contributed by atoms with Gasteiger partial charge in [0.05, 0.1) is 0 Å². The van der Waals surface area contributed by atoms with Gasteiger partial charge >= 0.3 is 6.09 Å². The molecular weight excluding hydrogens is 266 g/mol. The zero-order valence-electron chi connectivity index (χ0n) is 13.2. The molecule has 0 N–H and O–H groups in total. The first kappa shape index (κ1) is 15.8. The van der Waals surface area contributed by atoms with Crippen LogP contribution < -0.4 is 0 Å². The van der Waals surface area contributed by atoms with Crippen molar-refractivity contribution >= 4 is 6.09 Å². The molecule has 1 amide bonds. The van der Waals surface area contributed by atoms with E-state index in [1.807, 2.05) is 50.2 Å². The molecule has 0 aromatic carbocycles. The molecule has 0 atom stereocenters. The summed E-state index contributed by atoms with van der Waals surface area (Å²) in [6.45, 7) is 9.98. The van der Waals surface area contributed by atoms with Gasteiger partial charge in [-0.25, -0.2) is 4.79 Å². The number of ether oxygens (including phenoxy) is 1. The summed E-state index contributed by atoms with van der Waals surface area (Å²) in [4.78, 5) is 20.3. The van der Waals surface area contributed by atoms with Crippen molar-refractivity contribution in [2.45, 2.75) is 39.3 Å². The lowest BCUT2D eigenvalue weighted by molar-refractivity contribution is 0.0257. The Labute approximate surface area is 126 Å². The standard InChI is InChI=1S/C16H25N3O2/c1-16(2,3)21-15(20)19-10-4-9-18(11-12-19)13-14-5-7-17-8-6-14/h5-8H,4,9-13H2,1-3H3. The molecule has 0 saturated carbocycles. The van der Waals surface area contributed by atoms with Gasteiger partial charge < -0.3 is 9.64 Å². The Kier molecular flexibility index (Phi) is 5.17. The highest BCUT2D eigenvalue weighted by molar-refractivity contribution is 5.68. The van der Waals surface area contributed by atoms with Crippen molar-refractivity contribution in [3.05, 3.63) is 30.1 Å². The van der Waals surface area contributed by atoms with Gasteiger partial charge in [-0.1, -0.05) is 0 Å². The highest BCUT2D eigenvalue weighted by Crippen LogP contribution is 2.13. The summed E-state index contributed by atoms with van der Waals surface area (Å²) in [7, 11) is 0. The highest BCUT2D eigenvalue weighted by atomic mass is 16.6. The monoisotopic (exact) mass is 291 g/mol. The number of amides is 1. The molecule has 1 aliphatic rings. The average Bonchev–Trinajstić information content (AvgIpc) is 2.64. The number of aromatic nitrogens is 1. The van der Waals surface area contributed by atoms with Crippen LogP contribution in [0, 0.1) is 0 Å². The summed E-state index contributed by atoms with van der Waals surface area (Å²) in [5, 5.41) is 0. The Morgan fingerprint density at radius 2 is 1.90 bits per heavy atom. The van der Waals surface area contributed by atoms with Crippen molar-refractivity contribution in [3.63, 3.8) is 0 Å². The number of nitrogens with zero attached hydrogens (tertiary/aromatic N) is 3. The number of hydrogen-bond acceptors (Lipinski definition) is 4. The highest BCUT2D eigenvalue weighted by Gasteiger charge is 2.24. The third-order valence-corrected chi connectivity index (χ3v) is 3.40. The number of carbonyl (C=O) groups is 1. The smallest absolute Gasteiger partial charge is 0.410 e. The second-order valence-electron chi connectivity index (χ2n) is 6.45. The molecule has 21 heavy (non-hydrogen) atoms. The summed E-state index contributed by atoms with van der Waals surface area (Å²) < 4.78 is 5.45. The van der Waals surface area contributed by atoms with Gasteiger partial charge in [0, 0.05) is 45.1 Å². The maximum atomic E-state index is 12.1. The lowest BCUT2D eigenvalue weighted by atomic mass is 10.2. The summed E-state index contributed by atoms with van der Waals surface area (Å²) in [5.74, 6) is 0. The number of hydrogen-bond donors (Lipinski definition) is 0. The zero-order chi connectivity index (χ0) is 15.3. The van der Waals surface area contributed by atoms with Crippen LogP contribution in [0.2, 0.25) is 0 Å². The normalized spacial score (nSPS) is 17.4. The molecule has 1 aromatic rings. The Morgan fingerprint density at radius 3 is 2.57 bits per heavy atom. The van der Waals surface area contributed by atoms with E-state index in [2.05, 4.69) is 9.88 Å². The quantitative estimate of drug-likeness (QED) is 0.840. The number of carbonyl (C=O) groups excluding carboxylic acids is 1. The predicted molar refractivity (Wildman–Crippen MR) is 81.9 cm³/mol. The summed E-state index contributed by atoms with van der Waals surface area (Å²) in [6, 6.07) is 4.08. The van der Waals surface area contributed by atoms with Crippen LogP contribution >= 0.6 is 0 Å². The van der Waals surface area contributed by atoms with Gasteiger partial charge in [-0.3, -0.25) is 9.88 Å². The van der Waals surface area contributed by atoms with Crippen molar-refractivity contribution in [1.29, 1.82) is 0 Å². The second kappa shape index (κ2) is 6.89. The summed E-state index contributed by atoms with van der Waals surface area (Å²) >= 11 is 0. The fourth-order valence-corrected chi connectivity index (χ4v) is 2.38. The van der Waals surface area contributed by atoms with Crippen molar-refractivity contribution in [1.82, 2.24) is 14.8 Å². The molecule has 116 valence electrons. The van der Waals surface area contributed by atoms with Gasteiger partial charge in [-0.15, -0.1) is 0 Å². The average molecular weight is 291 g/mol. The topological polar surface area (TPSA) is 45.7 Å². The summed E-state index contributed by atoms with van der Waals surface area (Å²) in [5.41, 5.74) is 0.829. The maximum absolute atomic E-state index is 12.1. The molecule has 0 unspecified atom stereocenters. The molecule has 0 bridgehead atoms. The first-order valence-electron chi connectivity index (χ1n) is 7.53. The molecule has 1 aliphatic heterocycles. The molecule has 5 nitrogen and oxygen atoms in total. The van der Waals surface area contributed by atoms with Crippen molar-refractivity contribution in [3.8, 4) is 0 Å². The van der Waals surface area contributed by atoms with Crippen molar-refractivity contribution in [2.75, 3.05) is 26.2 Å². The van der Waals surface area contributed by atoms with E-state index in [9.17, 15) is 4.79 Å². The summed E-state index contributed by atoms with van der Waals surface area (Å²) in [6.07, 6.45) is 4.42. The van der Waals surface area contributed by atoms with Crippen LogP contribution in [0.1, 0.15) is 32.8 Å². The van der Waals surface area contributed by atoms with E-state index in [0.29, 0.717) is 0 Å². The molecule has 5 heteroatoms. The fraction of sp³-hybridized carbons (Fsp3) is 0.625. The SMILES string of the molecule is CC(C)(C)OC(=O)N1CCCN(Cc2ccncc2)CC1. The van der Waals surface area contributed by atoms with E-state index in [0.717, 1.165) is 39.1 Å². The zero-order valence-corrected chi connectivity index (χ0v) is 13.2. The molecule has 1 saturated heterocycles. The van der Waals surface area contributed by atoms with Crippen LogP contribution in [-0.4, -0.2) is 52.7 Å². The van der Waals surface area contributed by atoms with E-state index in [1.165, 1.54) is 5.56 Å². The lowest BCUT2D eigenvalue weighted by Crippen LogP contribution is -2.39. The third kappa shape index (κ3) is 5.34. The molecule has 2 rings (SSSR count). The van der Waals surface area contributed by atoms with E-state index in [1.54, 1.807) is 0 Å². The molecule has 0 radical (unpaired) electrons. The minimum absolute atomic E-state index is 0.201. The largest absolute Gasteiger partial charge is 0.444 e. The molecule has 0 spiro atoms. The molecular formula is C16H25N3O2. The number of pyridine rings is 1. The van der Waals surface area contributed by atoms with Crippen molar-refractivity contribution < 1.29 is 9.53 Å². The first-order valence-corrected chi connectivity index (χ1v) is 7.53. The predicted octanol–water partition coefficient (Wildman–Crippen LogP) is 2.52. The Balaban J connectivity index is 1.86. The molecule has 1 fully saturated rings. The van der Waals surface area contributed by atoms with Gasteiger partial charge in [0.2, 0.25) is 0 Å². The van der Waals surface area contributed by atoms with E-state index in [-0.39, 0.29) is 6.09 Å². The van der Waals surface area contributed by atoms with Crippen LogP contribution in [-0.2, 0) is 11.3 Å². The van der Waals surface area contributed by atoms with Gasteiger partial charge in [-0.2, -0.15) is 0 Å². The molecule has 2 heterocycles. The third-order valence-electron chi connectivity index (χ3n) is 3.40. The second-order valence-corrected chi connectivity index (χ2v) is 6.45. The van der Waals surface area contributed by atoms with Gasteiger partial charge in [-0.05, 0) is 44.9 Å². The Bertz CT molecular complexity index is 456. The minimum Gasteiger partial charge on any atom is -0.444 e. The van der Waals surface area contributed by atoms with Crippen LogP contribution in [0.5, 0.6) is 0 Å². The van der Waals surface area contributed by atoms with Gasteiger partial charge in [0.25, 0.3) is 0 Å². The van der Waals surface area contributed by atoms with Crippen molar-refractivity contribution in [2.24, 2.45) is 0 Å². The minimum atomic E-state index is -0.430. The fourth-order valence-electron chi connectivity index (χ4n) is 2.38. The Morgan fingerprint density at radius 1 is 1.19 bits per heavy atom. The Hall–Kier alpha value is -1.62. The first-order chi connectivity index (χ1) is 9.94. The lowest BCUT2D eigenvalue weighted by Gasteiger charge is -2.26. The maximum Gasteiger partial charge on any atom is 0.410 e. The number of rotatable bonds is 2.